The summed E-state index contributed by atoms with van der Waals surface area (Å²) < 4.78 is 19.5. The monoisotopic (exact) mass is 466 g/mol. The fraction of sp³-hybridized carbons (Fsp3) is 0.320. The number of nitrogens with zero attached hydrogens (tertiary/aromatic N) is 2. The molecule has 1 amide bonds. The van der Waals surface area contributed by atoms with E-state index in [1.807, 2.05) is 0 Å². The summed E-state index contributed by atoms with van der Waals surface area (Å²) in [5, 5.41) is 11.5. The van der Waals surface area contributed by atoms with Crippen molar-refractivity contribution in [3.8, 4) is 5.75 Å². The van der Waals surface area contributed by atoms with Gasteiger partial charge in [0.2, 0.25) is 0 Å². The number of hydrogen-bond acceptors (Lipinski definition) is 6. The minimum absolute atomic E-state index is 0.0216. The molecule has 2 aliphatic rings. The van der Waals surface area contributed by atoms with Crippen LogP contribution in [0.15, 0.2) is 48.0 Å². The fourth-order valence-corrected chi connectivity index (χ4v) is 5.88. The van der Waals surface area contributed by atoms with Gasteiger partial charge in [0.05, 0.1) is 28.9 Å². The number of carbonyl (C=O) groups excluding carboxylic acids is 2. The number of ether oxygens (including phenoxy) is 1. The van der Waals surface area contributed by atoms with Crippen molar-refractivity contribution < 1.29 is 23.8 Å². The van der Waals surface area contributed by atoms with E-state index >= 15 is 0 Å². The molecule has 3 aromatic rings. The number of fused-ring (bicyclic) bond motifs is 1. The van der Waals surface area contributed by atoms with Gasteiger partial charge < -0.3 is 9.84 Å². The Morgan fingerprint density at radius 1 is 1.12 bits per heavy atom. The second kappa shape index (κ2) is 8.59. The maximum Gasteiger partial charge on any atom is 0.301 e. The lowest BCUT2D eigenvalue weighted by Crippen LogP contribution is -2.40. The number of ketones is 1. The molecule has 0 spiro atoms. The van der Waals surface area contributed by atoms with Crippen LogP contribution < -0.4 is 9.64 Å². The zero-order valence-electron chi connectivity index (χ0n) is 18.1. The van der Waals surface area contributed by atoms with Gasteiger partial charge in [0.25, 0.3) is 5.78 Å². The Hall–Kier alpha value is -3.26. The summed E-state index contributed by atoms with van der Waals surface area (Å²) in [6.45, 7) is 0. The highest BCUT2D eigenvalue weighted by atomic mass is 32.1. The number of thiazole rings is 1. The molecule has 0 bridgehead atoms. The van der Waals surface area contributed by atoms with Crippen LogP contribution in [0, 0.1) is 11.7 Å². The summed E-state index contributed by atoms with van der Waals surface area (Å²) >= 11 is 1.18. The molecule has 1 unspecified atom stereocenters. The van der Waals surface area contributed by atoms with E-state index in [9.17, 15) is 19.1 Å². The maximum atomic E-state index is 13.7. The smallest absolute Gasteiger partial charge is 0.301 e. The number of anilines is 1. The number of Topliss-reactive ketones (excluding diaryl/α,β-unsaturated/α-hetero) is 1. The van der Waals surface area contributed by atoms with Crippen LogP contribution in [0.5, 0.6) is 5.75 Å². The van der Waals surface area contributed by atoms with Gasteiger partial charge >= 0.3 is 5.91 Å². The second-order valence-corrected chi connectivity index (χ2v) is 9.46. The normalized spacial score (nSPS) is 21.2. The molecule has 2 fully saturated rings. The lowest BCUT2D eigenvalue weighted by molar-refractivity contribution is -0.132. The topological polar surface area (TPSA) is 79.7 Å². The molecule has 1 atom stereocenters. The van der Waals surface area contributed by atoms with Gasteiger partial charge in [-0.1, -0.05) is 30.6 Å². The molecule has 1 aromatic heterocycles. The van der Waals surface area contributed by atoms with Crippen LogP contribution >= 0.6 is 11.3 Å². The number of rotatable bonds is 4. The number of methoxy groups -OCH3 is 1. The van der Waals surface area contributed by atoms with Gasteiger partial charge in [-0.2, -0.15) is 0 Å². The first-order chi connectivity index (χ1) is 16.0. The van der Waals surface area contributed by atoms with Crippen LogP contribution in [0.1, 0.15) is 37.7 Å². The van der Waals surface area contributed by atoms with Gasteiger partial charge in [-0.3, -0.25) is 14.5 Å². The molecule has 1 N–H and O–H groups in total. The van der Waals surface area contributed by atoms with E-state index in [0.29, 0.717) is 26.7 Å². The van der Waals surface area contributed by atoms with E-state index in [1.165, 1.54) is 28.4 Å². The van der Waals surface area contributed by atoms with Crippen LogP contribution in [-0.4, -0.2) is 34.9 Å². The van der Waals surface area contributed by atoms with E-state index in [1.54, 1.807) is 37.4 Å². The largest absolute Gasteiger partial charge is 0.507 e. The summed E-state index contributed by atoms with van der Waals surface area (Å²) in [6.07, 6.45) is 4.80. The molecular formula is C25H23FN2O4S. The molecule has 0 radical (unpaired) electrons. The molecule has 1 saturated heterocycles. The minimum Gasteiger partial charge on any atom is -0.507 e. The average molecular weight is 467 g/mol. The Bertz CT molecular complexity index is 1260. The van der Waals surface area contributed by atoms with Crippen molar-refractivity contribution >= 4 is 44.1 Å². The first-order valence-corrected chi connectivity index (χ1v) is 11.8. The van der Waals surface area contributed by atoms with Crippen LogP contribution in [0.25, 0.3) is 16.0 Å². The maximum absolute atomic E-state index is 13.7. The Labute approximate surface area is 194 Å². The third-order valence-electron chi connectivity index (χ3n) is 6.49. The number of amides is 1. The van der Waals surface area contributed by atoms with E-state index in [2.05, 4.69) is 4.98 Å². The summed E-state index contributed by atoms with van der Waals surface area (Å²) in [4.78, 5) is 32.5. The van der Waals surface area contributed by atoms with Gasteiger partial charge in [0, 0.05) is 5.56 Å². The third-order valence-corrected chi connectivity index (χ3v) is 7.51. The minimum atomic E-state index is -0.718. The zero-order valence-corrected chi connectivity index (χ0v) is 18.9. The zero-order chi connectivity index (χ0) is 23.1. The lowest BCUT2D eigenvalue weighted by atomic mass is 9.80. The summed E-state index contributed by atoms with van der Waals surface area (Å²) in [5.74, 6) is -1.36. The average Bonchev–Trinajstić information content (AvgIpc) is 3.37. The molecule has 5 rings (SSSR count). The van der Waals surface area contributed by atoms with Crippen molar-refractivity contribution in [1.82, 2.24) is 4.98 Å². The van der Waals surface area contributed by atoms with Crippen molar-refractivity contribution in [2.24, 2.45) is 5.92 Å². The molecule has 6 nitrogen and oxygen atoms in total. The number of benzene rings is 2. The van der Waals surface area contributed by atoms with Crippen LogP contribution in [0.2, 0.25) is 0 Å². The standard InChI is InChI=1S/C25H23FN2O4S/c1-32-17-10-7-15(8-11-17)22(29)20-21(14-5-3-2-4-6-14)28(24(31)23(20)30)25-27-18-12-9-16(26)13-19(18)33-25/h7-14,21,29H,2-6H2,1H3. The quantitative estimate of drug-likeness (QED) is 0.322. The lowest BCUT2D eigenvalue weighted by Gasteiger charge is -2.32. The number of hydrogen-bond donors (Lipinski definition) is 1. The molecular weight excluding hydrogens is 443 g/mol. The Morgan fingerprint density at radius 2 is 1.85 bits per heavy atom. The number of halogens is 1. The van der Waals surface area contributed by atoms with E-state index in [-0.39, 0.29) is 23.1 Å². The van der Waals surface area contributed by atoms with Crippen molar-refractivity contribution in [2.75, 3.05) is 12.0 Å². The highest BCUT2D eigenvalue weighted by molar-refractivity contribution is 7.22. The third kappa shape index (κ3) is 3.78. The Morgan fingerprint density at radius 3 is 2.55 bits per heavy atom. The Kier molecular flexibility index (Phi) is 5.62. The van der Waals surface area contributed by atoms with Crippen molar-refractivity contribution in [2.45, 2.75) is 38.1 Å². The first kappa shape index (κ1) is 21.6. The van der Waals surface area contributed by atoms with Gasteiger partial charge in [0.1, 0.15) is 17.3 Å². The number of carbonyl (C=O) groups is 2. The van der Waals surface area contributed by atoms with Gasteiger partial charge in [-0.25, -0.2) is 9.37 Å². The molecule has 33 heavy (non-hydrogen) atoms. The van der Waals surface area contributed by atoms with Gasteiger partial charge in [-0.05, 0) is 61.2 Å². The van der Waals surface area contributed by atoms with E-state index < -0.39 is 17.7 Å². The molecule has 2 aromatic carbocycles. The van der Waals surface area contributed by atoms with Gasteiger partial charge in [0.15, 0.2) is 5.13 Å². The fourth-order valence-electron chi connectivity index (χ4n) is 4.86. The summed E-state index contributed by atoms with van der Waals surface area (Å²) in [7, 11) is 1.55. The van der Waals surface area contributed by atoms with Crippen molar-refractivity contribution in [1.29, 1.82) is 0 Å². The van der Waals surface area contributed by atoms with E-state index in [4.69, 9.17) is 4.74 Å². The first-order valence-electron chi connectivity index (χ1n) is 11.0. The van der Waals surface area contributed by atoms with Gasteiger partial charge in [-0.15, -0.1) is 0 Å². The molecule has 2 heterocycles. The summed E-state index contributed by atoms with van der Waals surface area (Å²) in [5.41, 5.74) is 1.12. The molecule has 1 saturated carbocycles. The molecule has 1 aliphatic carbocycles. The van der Waals surface area contributed by atoms with Crippen molar-refractivity contribution in [3.63, 3.8) is 0 Å². The van der Waals surface area contributed by atoms with Crippen molar-refractivity contribution in [3.05, 3.63) is 59.4 Å². The predicted octanol–water partition coefficient (Wildman–Crippen LogP) is 5.28. The van der Waals surface area contributed by atoms with Crippen LogP contribution in [-0.2, 0) is 9.59 Å². The highest BCUT2D eigenvalue weighted by Gasteiger charge is 2.50. The Balaban J connectivity index is 1.64. The number of aliphatic hydroxyl groups is 1. The number of aliphatic hydroxyl groups excluding tert-OH is 1. The predicted molar refractivity (Wildman–Crippen MR) is 125 cm³/mol. The molecule has 170 valence electrons. The molecule has 8 heteroatoms. The highest BCUT2D eigenvalue weighted by Crippen LogP contribution is 2.43. The second-order valence-electron chi connectivity index (χ2n) is 8.45. The number of aromatic nitrogens is 1. The van der Waals surface area contributed by atoms with Crippen LogP contribution in [0.4, 0.5) is 9.52 Å². The van der Waals surface area contributed by atoms with E-state index in [0.717, 1.165) is 32.1 Å². The summed E-state index contributed by atoms with van der Waals surface area (Å²) in [6, 6.07) is 10.4. The molecule has 1 aliphatic heterocycles. The van der Waals surface area contributed by atoms with Crippen LogP contribution in [0.3, 0.4) is 0 Å². The SMILES string of the molecule is COc1ccc(C(O)=C2C(=O)C(=O)N(c3nc4ccc(F)cc4s3)C2C2CCCCC2)cc1.